The average molecular weight is 322 g/mol. The molecule has 1 heterocycles. The van der Waals surface area contributed by atoms with Gasteiger partial charge in [0.25, 0.3) is 0 Å². The molecule has 0 spiro atoms. The summed E-state index contributed by atoms with van der Waals surface area (Å²) in [5.74, 6) is 0.462. The standard InChI is InChI=1S/C15H18N2O4S/c1-10(2)9-21-14-13(8-16-17-15(14)18)11-4-6-12(7-5-11)22(3,19)20/h4-8,10H,9H2,1-3H3,(H,17,18). The van der Waals surface area contributed by atoms with Crippen molar-refractivity contribution in [1.82, 2.24) is 10.2 Å². The lowest BCUT2D eigenvalue weighted by molar-refractivity contribution is 0.268. The largest absolute Gasteiger partial charge is 0.487 e. The van der Waals surface area contributed by atoms with Crippen LogP contribution in [0.25, 0.3) is 11.1 Å². The van der Waals surface area contributed by atoms with Crippen molar-refractivity contribution in [1.29, 1.82) is 0 Å². The van der Waals surface area contributed by atoms with Gasteiger partial charge in [-0.25, -0.2) is 13.5 Å². The highest BCUT2D eigenvalue weighted by molar-refractivity contribution is 7.90. The summed E-state index contributed by atoms with van der Waals surface area (Å²) in [6.07, 6.45) is 2.64. The third kappa shape index (κ3) is 3.73. The highest BCUT2D eigenvalue weighted by atomic mass is 32.2. The van der Waals surface area contributed by atoms with Crippen LogP contribution in [0.4, 0.5) is 0 Å². The van der Waals surface area contributed by atoms with E-state index in [1.807, 2.05) is 13.8 Å². The molecule has 22 heavy (non-hydrogen) atoms. The van der Waals surface area contributed by atoms with E-state index in [2.05, 4.69) is 10.2 Å². The van der Waals surface area contributed by atoms with E-state index in [1.54, 1.807) is 12.1 Å². The van der Waals surface area contributed by atoms with Crippen LogP contribution in [-0.4, -0.2) is 31.5 Å². The first-order valence-electron chi connectivity index (χ1n) is 6.80. The molecular formula is C15H18N2O4S. The Kier molecular flexibility index (Phi) is 4.65. The molecule has 118 valence electrons. The van der Waals surface area contributed by atoms with Crippen molar-refractivity contribution in [3.8, 4) is 16.9 Å². The fraction of sp³-hybridized carbons (Fsp3) is 0.333. The molecule has 0 aliphatic carbocycles. The summed E-state index contributed by atoms with van der Waals surface area (Å²) < 4.78 is 28.6. The summed E-state index contributed by atoms with van der Waals surface area (Å²) >= 11 is 0. The minimum atomic E-state index is -3.26. The number of benzene rings is 1. The lowest BCUT2D eigenvalue weighted by Gasteiger charge is -2.12. The summed E-state index contributed by atoms with van der Waals surface area (Å²) in [5, 5.41) is 6.13. The zero-order valence-corrected chi connectivity index (χ0v) is 13.5. The molecule has 1 aromatic heterocycles. The van der Waals surface area contributed by atoms with Crippen molar-refractivity contribution in [3.05, 3.63) is 40.8 Å². The molecular weight excluding hydrogens is 304 g/mol. The fourth-order valence-electron chi connectivity index (χ4n) is 1.87. The summed E-state index contributed by atoms with van der Waals surface area (Å²) in [6.45, 7) is 4.37. The number of nitrogens with zero attached hydrogens (tertiary/aromatic N) is 1. The average Bonchev–Trinajstić information content (AvgIpc) is 2.45. The van der Waals surface area contributed by atoms with E-state index in [9.17, 15) is 13.2 Å². The van der Waals surface area contributed by atoms with Crippen molar-refractivity contribution in [2.45, 2.75) is 18.7 Å². The second-order valence-corrected chi connectivity index (χ2v) is 7.46. The van der Waals surface area contributed by atoms with E-state index >= 15 is 0 Å². The Labute approximate surface area is 129 Å². The highest BCUT2D eigenvalue weighted by Gasteiger charge is 2.13. The van der Waals surface area contributed by atoms with Crippen LogP contribution in [0.3, 0.4) is 0 Å². The van der Waals surface area contributed by atoms with Crippen LogP contribution in [-0.2, 0) is 9.84 Å². The second kappa shape index (κ2) is 6.31. The number of H-pyrrole nitrogens is 1. The number of aromatic nitrogens is 2. The van der Waals surface area contributed by atoms with Crippen LogP contribution < -0.4 is 10.3 Å². The topological polar surface area (TPSA) is 89.1 Å². The first-order valence-corrected chi connectivity index (χ1v) is 8.69. The number of hydrogen-bond donors (Lipinski definition) is 1. The van der Waals surface area contributed by atoms with Crippen molar-refractivity contribution in [3.63, 3.8) is 0 Å². The van der Waals surface area contributed by atoms with Crippen molar-refractivity contribution in [2.75, 3.05) is 12.9 Å². The maximum Gasteiger partial charge on any atom is 0.307 e. The van der Waals surface area contributed by atoms with Crippen LogP contribution in [0.1, 0.15) is 13.8 Å². The molecule has 1 aromatic carbocycles. The van der Waals surface area contributed by atoms with Gasteiger partial charge in [-0.15, -0.1) is 0 Å². The normalized spacial score (nSPS) is 11.6. The predicted octanol–water partition coefficient (Wildman–Crippen LogP) is 1.88. The molecule has 0 fully saturated rings. The van der Waals surface area contributed by atoms with Gasteiger partial charge in [0.15, 0.2) is 15.6 Å². The van der Waals surface area contributed by atoms with Gasteiger partial charge < -0.3 is 4.74 Å². The zero-order chi connectivity index (χ0) is 16.3. The number of nitrogens with one attached hydrogen (secondary N) is 1. The van der Waals surface area contributed by atoms with Gasteiger partial charge >= 0.3 is 5.56 Å². The summed E-state index contributed by atoms with van der Waals surface area (Å²) in [6, 6.07) is 6.26. The van der Waals surface area contributed by atoms with Gasteiger partial charge in [-0.2, -0.15) is 5.10 Å². The number of rotatable bonds is 5. The van der Waals surface area contributed by atoms with Gasteiger partial charge in [-0.05, 0) is 23.6 Å². The zero-order valence-electron chi connectivity index (χ0n) is 12.7. The molecule has 0 amide bonds. The fourth-order valence-corrected chi connectivity index (χ4v) is 2.50. The van der Waals surface area contributed by atoms with Gasteiger partial charge in [0.1, 0.15) is 0 Å². The highest BCUT2D eigenvalue weighted by Crippen LogP contribution is 2.27. The van der Waals surface area contributed by atoms with E-state index in [4.69, 9.17) is 4.74 Å². The number of hydrogen-bond acceptors (Lipinski definition) is 5. The van der Waals surface area contributed by atoms with Crippen molar-refractivity contribution in [2.24, 2.45) is 5.92 Å². The molecule has 7 heteroatoms. The molecule has 0 bridgehead atoms. The Morgan fingerprint density at radius 1 is 1.23 bits per heavy atom. The van der Waals surface area contributed by atoms with Crippen molar-refractivity contribution >= 4 is 9.84 Å². The number of aromatic amines is 1. The van der Waals surface area contributed by atoms with Gasteiger partial charge in [0, 0.05) is 11.8 Å². The van der Waals surface area contributed by atoms with E-state index in [-0.39, 0.29) is 16.6 Å². The van der Waals surface area contributed by atoms with Gasteiger partial charge in [0.05, 0.1) is 17.7 Å². The van der Waals surface area contributed by atoms with E-state index < -0.39 is 15.4 Å². The Balaban J connectivity index is 2.44. The quantitative estimate of drug-likeness (QED) is 0.908. The molecule has 0 saturated heterocycles. The third-order valence-electron chi connectivity index (χ3n) is 2.97. The first kappa shape index (κ1) is 16.2. The molecule has 1 N–H and O–H groups in total. The molecule has 0 radical (unpaired) electrons. The van der Waals surface area contributed by atoms with Gasteiger partial charge in [-0.3, -0.25) is 4.79 Å². The maximum absolute atomic E-state index is 11.9. The molecule has 2 rings (SSSR count). The van der Waals surface area contributed by atoms with Crippen LogP contribution in [0.2, 0.25) is 0 Å². The lowest BCUT2D eigenvalue weighted by atomic mass is 10.1. The smallest absolute Gasteiger partial charge is 0.307 e. The lowest BCUT2D eigenvalue weighted by Crippen LogP contribution is -2.16. The summed E-state index contributed by atoms with van der Waals surface area (Å²) in [5.41, 5.74) is 0.791. The summed E-state index contributed by atoms with van der Waals surface area (Å²) in [4.78, 5) is 12.1. The van der Waals surface area contributed by atoms with Crippen LogP contribution >= 0.6 is 0 Å². The van der Waals surface area contributed by atoms with Crippen LogP contribution in [0, 0.1) is 5.92 Å². The van der Waals surface area contributed by atoms with Crippen molar-refractivity contribution < 1.29 is 13.2 Å². The Morgan fingerprint density at radius 2 is 1.86 bits per heavy atom. The van der Waals surface area contributed by atoms with Crippen LogP contribution in [0.5, 0.6) is 5.75 Å². The Bertz CT molecular complexity index is 808. The third-order valence-corrected chi connectivity index (χ3v) is 4.09. The number of sulfone groups is 1. The van der Waals surface area contributed by atoms with E-state index in [1.165, 1.54) is 18.3 Å². The molecule has 2 aromatic rings. The molecule has 0 aliphatic heterocycles. The first-order chi connectivity index (χ1) is 10.3. The molecule has 0 atom stereocenters. The van der Waals surface area contributed by atoms with E-state index in [0.29, 0.717) is 17.7 Å². The van der Waals surface area contributed by atoms with Gasteiger partial charge in [0.2, 0.25) is 0 Å². The SMILES string of the molecule is CC(C)COc1c(-c2ccc(S(C)(=O)=O)cc2)cn[nH]c1=O. The summed E-state index contributed by atoms with van der Waals surface area (Å²) in [7, 11) is -3.26. The monoisotopic (exact) mass is 322 g/mol. The van der Waals surface area contributed by atoms with E-state index in [0.717, 1.165) is 6.26 Å². The number of ether oxygens (including phenoxy) is 1. The van der Waals surface area contributed by atoms with Crippen LogP contribution in [0.15, 0.2) is 40.2 Å². The minimum absolute atomic E-state index is 0.191. The Morgan fingerprint density at radius 3 is 2.41 bits per heavy atom. The Hall–Kier alpha value is -2.15. The minimum Gasteiger partial charge on any atom is -0.487 e. The second-order valence-electron chi connectivity index (χ2n) is 5.44. The maximum atomic E-state index is 11.9. The predicted molar refractivity (Wildman–Crippen MR) is 83.7 cm³/mol. The molecule has 0 unspecified atom stereocenters. The molecule has 0 saturated carbocycles. The van der Waals surface area contributed by atoms with Gasteiger partial charge in [-0.1, -0.05) is 26.0 Å². The molecule has 6 nitrogen and oxygen atoms in total. The molecule has 0 aliphatic rings.